The Morgan fingerprint density at radius 2 is 1.85 bits per heavy atom. The number of nitrogens with zero attached hydrogens (tertiary/aromatic N) is 3. The summed E-state index contributed by atoms with van der Waals surface area (Å²) in [5, 5.41) is 21.1. The number of H-pyrrole nitrogens is 1. The van der Waals surface area contributed by atoms with E-state index in [1.807, 2.05) is 0 Å². The molecule has 3 aromatic rings. The molecule has 0 aliphatic carbocycles. The van der Waals surface area contributed by atoms with Gasteiger partial charge in [-0.05, 0) is 24.1 Å². The van der Waals surface area contributed by atoms with Crippen molar-refractivity contribution < 1.29 is 19.5 Å². The lowest BCUT2D eigenvalue weighted by Gasteiger charge is -2.18. The SMILES string of the molecule is O=C(Nc1ccc(C[C@H](NC(=O)C2CCc3n[nH]c(=O)n32)C(=O)O)cc1)c1c(Cl)cncc1Cl. The summed E-state index contributed by atoms with van der Waals surface area (Å²) in [5.41, 5.74) is 0.624. The van der Waals surface area contributed by atoms with Gasteiger partial charge in [-0.25, -0.2) is 14.7 Å². The van der Waals surface area contributed by atoms with Crippen molar-refractivity contribution in [2.24, 2.45) is 0 Å². The summed E-state index contributed by atoms with van der Waals surface area (Å²) < 4.78 is 1.24. The number of fused-ring (bicyclic) bond motifs is 1. The molecule has 0 radical (unpaired) electrons. The number of pyridine rings is 1. The molecule has 0 saturated heterocycles. The second kappa shape index (κ2) is 9.65. The Morgan fingerprint density at radius 1 is 1.18 bits per heavy atom. The molecule has 1 unspecified atom stereocenters. The minimum Gasteiger partial charge on any atom is -0.480 e. The van der Waals surface area contributed by atoms with Crippen LogP contribution in [-0.2, 0) is 22.4 Å². The molecule has 176 valence electrons. The molecule has 2 aromatic heterocycles. The maximum atomic E-state index is 12.7. The van der Waals surface area contributed by atoms with Crippen molar-refractivity contribution in [2.45, 2.75) is 31.3 Å². The predicted molar refractivity (Wildman–Crippen MR) is 122 cm³/mol. The van der Waals surface area contributed by atoms with Gasteiger partial charge in [0.1, 0.15) is 17.9 Å². The van der Waals surface area contributed by atoms with E-state index in [2.05, 4.69) is 25.8 Å². The van der Waals surface area contributed by atoms with Crippen molar-refractivity contribution in [3.05, 3.63) is 74.1 Å². The van der Waals surface area contributed by atoms with E-state index in [9.17, 15) is 24.3 Å². The monoisotopic (exact) mass is 504 g/mol. The van der Waals surface area contributed by atoms with Gasteiger partial charge in [-0.2, -0.15) is 5.10 Å². The minimum atomic E-state index is -1.22. The number of aromatic nitrogens is 4. The van der Waals surface area contributed by atoms with Crippen molar-refractivity contribution >= 4 is 46.7 Å². The maximum absolute atomic E-state index is 12.7. The highest BCUT2D eigenvalue weighted by Gasteiger charge is 2.33. The molecule has 0 fully saturated rings. The number of aromatic amines is 1. The van der Waals surface area contributed by atoms with Gasteiger partial charge in [-0.1, -0.05) is 35.3 Å². The fourth-order valence-corrected chi connectivity index (χ4v) is 4.26. The number of anilines is 1. The Morgan fingerprint density at radius 3 is 2.50 bits per heavy atom. The van der Waals surface area contributed by atoms with E-state index in [1.54, 1.807) is 24.3 Å². The van der Waals surface area contributed by atoms with Crippen LogP contribution in [0.2, 0.25) is 10.0 Å². The Bertz CT molecular complexity index is 1300. The van der Waals surface area contributed by atoms with Gasteiger partial charge in [0.05, 0.1) is 15.6 Å². The Labute approximate surface area is 202 Å². The number of hydrogen-bond acceptors (Lipinski definition) is 6. The van der Waals surface area contributed by atoms with E-state index in [0.717, 1.165) is 0 Å². The van der Waals surface area contributed by atoms with Gasteiger partial charge in [-0.3, -0.25) is 19.1 Å². The van der Waals surface area contributed by atoms with Crippen LogP contribution in [0.25, 0.3) is 0 Å². The molecule has 1 aliphatic rings. The van der Waals surface area contributed by atoms with Crippen LogP contribution < -0.4 is 16.3 Å². The molecule has 0 bridgehead atoms. The zero-order chi connectivity index (χ0) is 24.4. The summed E-state index contributed by atoms with van der Waals surface area (Å²) in [7, 11) is 0. The number of carboxylic acids is 1. The first-order valence-corrected chi connectivity index (χ1v) is 10.9. The van der Waals surface area contributed by atoms with Crippen molar-refractivity contribution in [3.63, 3.8) is 0 Å². The van der Waals surface area contributed by atoms with Crippen molar-refractivity contribution in [1.29, 1.82) is 0 Å². The average Bonchev–Trinajstić information content (AvgIpc) is 3.37. The van der Waals surface area contributed by atoms with Gasteiger partial charge in [-0.15, -0.1) is 0 Å². The first-order chi connectivity index (χ1) is 16.2. The highest BCUT2D eigenvalue weighted by molar-refractivity contribution is 6.40. The predicted octanol–water partition coefficient (Wildman–Crippen LogP) is 1.82. The number of carbonyl (C=O) groups is 3. The average molecular weight is 505 g/mol. The van der Waals surface area contributed by atoms with Crippen molar-refractivity contribution in [3.8, 4) is 0 Å². The van der Waals surface area contributed by atoms with Crippen LogP contribution in [0.5, 0.6) is 0 Å². The molecule has 34 heavy (non-hydrogen) atoms. The normalized spacial score (nSPS) is 15.4. The summed E-state index contributed by atoms with van der Waals surface area (Å²) in [6.45, 7) is 0. The van der Waals surface area contributed by atoms with E-state index >= 15 is 0 Å². The number of amides is 2. The molecule has 1 aromatic carbocycles. The second-order valence-electron chi connectivity index (χ2n) is 7.60. The molecule has 11 nitrogen and oxygen atoms in total. The fourth-order valence-electron chi connectivity index (χ4n) is 3.73. The van der Waals surface area contributed by atoms with Gasteiger partial charge in [0.15, 0.2) is 0 Å². The van der Waals surface area contributed by atoms with Crippen molar-refractivity contribution in [1.82, 2.24) is 25.1 Å². The summed E-state index contributed by atoms with van der Waals surface area (Å²) in [6.07, 6.45) is 3.42. The Hall–Kier alpha value is -3.70. The van der Waals surface area contributed by atoms with E-state index in [-0.39, 0.29) is 22.0 Å². The van der Waals surface area contributed by atoms with E-state index < -0.39 is 35.6 Å². The largest absolute Gasteiger partial charge is 0.480 e. The molecule has 3 heterocycles. The number of rotatable bonds is 7. The molecule has 4 rings (SSSR count). The molecular formula is C21H18Cl2N6O5. The smallest absolute Gasteiger partial charge is 0.344 e. The third-order valence-corrected chi connectivity index (χ3v) is 5.95. The minimum absolute atomic E-state index is 0.00280. The number of aryl methyl sites for hydroxylation is 1. The Kier molecular flexibility index (Phi) is 6.66. The summed E-state index contributed by atoms with van der Waals surface area (Å²) in [6, 6.07) is 4.40. The van der Waals surface area contributed by atoms with Crippen molar-refractivity contribution in [2.75, 3.05) is 5.32 Å². The molecule has 2 amide bonds. The third kappa shape index (κ3) is 4.80. The number of carboxylic acid groups (broad SMARTS) is 1. The lowest BCUT2D eigenvalue weighted by atomic mass is 10.0. The van der Waals surface area contributed by atoms with Crippen LogP contribution >= 0.6 is 23.2 Å². The van der Waals surface area contributed by atoms with Gasteiger partial charge in [0.25, 0.3) is 5.91 Å². The molecule has 4 N–H and O–H groups in total. The van der Waals surface area contributed by atoms with E-state index in [4.69, 9.17) is 23.2 Å². The molecule has 1 aliphatic heterocycles. The summed E-state index contributed by atoms with van der Waals surface area (Å²) in [4.78, 5) is 52.6. The Balaban J connectivity index is 1.41. The van der Waals surface area contributed by atoms with Crippen LogP contribution in [0, 0.1) is 0 Å². The zero-order valence-electron chi connectivity index (χ0n) is 17.4. The number of carbonyl (C=O) groups excluding carboxylic acids is 2. The molecule has 2 atom stereocenters. The maximum Gasteiger partial charge on any atom is 0.344 e. The van der Waals surface area contributed by atoms with Crippen LogP contribution in [-0.4, -0.2) is 48.7 Å². The number of nitrogens with one attached hydrogen (secondary N) is 3. The first-order valence-electron chi connectivity index (χ1n) is 10.1. The van der Waals surface area contributed by atoms with E-state index in [1.165, 1.54) is 17.0 Å². The second-order valence-corrected chi connectivity index (χ2v) is 8.42. The molecular weight excluding hydrogens is 487 g/mol. The molecule has 0 spiro atoms. The molecule has 13 heteroatoms. The third-order valence-electron chi connectivity index (χ3n) is 5.38. The topological polar surface area (TPSA) is 159 Å². The summed E-state index contributed by atoms with van der Waals surface area (Å²) >= 11 is 12.0. The van der Waals surface area contributed by atoms with Crippen LogP contribution in [0.4, 0.5) is 5.69 Å². The van der Waals surface area contributed by atoms with Gasteiger partial charge in [0, 0.05) is 30.9 Å². The summed E-state index contributed by atoms with van der Waals surface area (Å²) in [5.74, 6) is -1.84. The number of aliphatic carboxylic acids is 1. The zero-order valence-corrected chi connectivity index (χ0v) is 18.9. The van der Waals surface area contributed by atoms with Gasteiger partial charge >= 0.3 is 11.7 Å². The standard InChI is InChI=1S/C21H18Cl2N6O5/c22-12-8-24-9-13(23)17(12)19(31)25-11-3-1-10(2-4-11)7-14(20(32)33)26-18(30)15-5-6-16-27-28-21(34)29(15)16/h1-4,8-9,14-15H,5-7H2,(H,25,31)(H,26,30)(H,28,34)(H,32,33)/t14-,15?/m0/s1. The van der Waals surface area contributed by atoms with Gasteiger partial charge in [0.2, 0.25) is 5.91 Å². The first kappa shape index (κ1) is 23.5. The lowest BCUT2D eigenvalue weighted by molar-refractivity contribution is -0.142. The fraction of sp³-hybridized carbons (Fsp3) is 0.238. The number of hydrogen-bond donors (Lipinski definition) is 4. The van der Waals surface area contributed by atoms with Crippen LogP contribution in [0.3, 0.4) is 0 Å². The van der Waals surface area contributed by atoms with Crippen LogP contribution in [0.1, 0.15) is 34.2 Å². The highest BCUT2D eigenvalue weighted by Crippen LogP contribution is 2.25. The van der Waals surface area contributed by atoms with Crippen LogP contribution in [0.15, 0.2) is 41.5 Å². The van der Waals surface area contributed by atoms with Gasteiger partial charge < -0.3 is 15.7 Å². The van der Waals surface area contributed by atoms with E-state index in [0.29, 0.717) is 29.9 Å². The quantitative estimate of drug-likeness (QED) is 0.381. The highest BCUT2D eigenvalue weighted by atomic mass is 35.5. The molecule has 0 saturated carbocycles. The number of halogens is 2. The number of benzene rings is 1. The lowest BCUT2D eigenvalue weighted by Crippen LogP contribution is -2.45.